The first kappa shape index (κ1) is 14.9. The van der Waals surface area contributed by atoms with Crippen LogP contribution < -0.4 is 0 Å². The molecule has 1 aliphatic rings. The number of hydrogen-bond donors (Lipinski definition) is 0. The molecule has 0 aromatic carbocycles. The summed E-state index contributed by atoms with van der Waals surface area (Å²) in [6.07, 6.45) is 4.69. The number of nitrogens with zero attached hydrogens (tertiary/aromatic N) is 2. The second-order valence-corrected chi connectivity index (χ2v) is 7.74. The molecule has 0 aliphatic carbocycles. The summed E-state index contributed by atoms with van der Waals surface area (Å²) < 4.78 is 0. The number of thioether (sulfide) groups is 1. The van der Waals surface area contributed by atoms with E-state index in [9.17, 15) is 0 Å². The molecular formula is C16H26N2S. The molecule has 19 heavy (non-hydrogen) atoms. The maximum absolute atomic E-state index is 4.61. The van der Waals surface area contributed by atoms with E-state index in [1.807, 2.05) is 11.8 Å². The monoisotopic (exact) mass is 278 g/mol. The van der Waals surface area contributed by atoms with Gasteiger partial charge < -0.3 is 0 Å². The van der Waals surface area contributed by atoms with Crippen LogP contribution in [-0.4, -0.2) is 28.2 Å². The molecule has 1 atom stereocenters. The Bertz CT molecular complexity index is 386. The van der Waals surface area contributed by atoms with E-state index >= 15 is 0 Å². The fourth-order valence-electron chi connectivity index (χ4n) is 2.79. The minimum Gasteiger partial charge on any atom is -0.296 e. The topological polar surface area (TPSA) is 16.1 Å². The Morgan fingerprint density at radius 1 is 1.32 bits per heavy atom. The highest BCUT2D eigenvalue weighted by atomic mass is 32.2. The highest BCUT2D eigenvalue weighted by Crippen LogP contribution is 2.32. The van der Waals surface area contributed by atoms with Crippen LogP contribution in [0.3, 0.4) is 0 Å². The van der Waals surface area contributed by atoms with E-state index in [1.165, 1.54) is 31.5 Å². The molecule has 1 unspecified atom stereocenters. The lowest BCUT2D eigenvalue weighted by Gasteiger charge is -2.26. The molecule has 3 heteroatoms. The minimum absolute atomic E-state index is 0.591. The SMILES string of the molecule is CC(C)CN1CCCC1c1ccc(SC(C)C)nc1. The number of likely N-dealkylation sites (tertiary alicyclic amines) is 1. The molecule has 0 amide bonds. The summed E-state index contributed by atoms with van der Waals surface area (Å²) in [6, 6.07) is 5.06. The summed E-state index contributed by atoms with van der Waals surface area (Å²) in [5.41, 5.74) is 1.39. The van der Waals surface area contributed by atoms with Crippen molar-refractivity contribution in [2.24, 2.45) is 5.92 Å². The maximum Gasteiger partial charge on any atom is 0.0962 e. The average Bonchev–Trinajstić information content (AvgIpc) is 2.76. The van der Waals surface area contributed by atoms with Gasteiger partial charge in [0.05, 0.1) is 5.03 Å². The van der Waals surface area contributed by atoms with Crippen molar-refractivity contribution in [2.45, 2.75) is 56.9 Å². The van der Waals surface area contributed by atoms with Crippen molar-refractivity contribution in [1.29, 1.82) is 0 Å². The lowest BCUT2D eigenvalue weighted by Crippen LogP contribution is -2.27. The molecule has 1 aromatic heterocycles. The molecule has 0 spiro atoms. The van der Waals surface area contributed by atoms with Gasteiger partial charge in [-0.15, -0.1) is 11.8 Å². The van der Waals surface area contributed by atoms with Crippen LogP contribution in [0.25, 0.3) is 0 Å². The third-order valence-electron chi connectivity index (χ3n) is 3.46. The molecule has 2 heterocycles. The van der Waals surface area contributed by atoms with E-state index in [2.05, 4.69) is 55.9 Å². The molecule has 1 aliphatic heterocycles. The largest absolute Gasteiger partial charge is 0.296 e. The number of pyridine rings is 1. The molecule has 2 rings (SSSR count). The summed E-state index contributed by atoms with van der Waals surface area (Å²) in [5, 5.41) is 1.74. The Balaban J connectivity index is 2.04. The predicted octanol–water partition coefficient (Wildman–Crippen LogP) is 4.38. The molecule has 0 bridgehead atoms. The normalized spacial score (nSPS) is 20.6. The first-order valence-corrected chi connectivity index (χ1v) is 8.31. The summed E-state index contributed by atoms with van der Waals surface area (Å²) in [7, 11) is 0. The first-order valence-electron chi connectivity index (χ1n) is 7.43. The summed E-state index contributed by atoms with van der Waals surface area (Å²) >= 11 is 1.84. The molecule has 0 radical (unpaired) electrons. The molecular weight excluding hydrogens is 252 g/mol. The van der Waals surface area contributed by atoms with Crippen molar-refractivity contribution in [3.05, 3.63) is 23.9 Å². The molecule has 1 fully saturated rings. The maximum atomic E-state index is 4.61. The van der Waals surface area contributed by atoms with E-state index in [1.54, 1.807) is 0 Å². The zero-order chi connectivity index (χ0) is 13.8. The highest BCUT2D eigenvalue weighted by Gasteiger charge is 2.26. The van der Waals surface area contributed by atoms with Crippen molar-refractivity contribution in [3.8, 4) is 0 Å². The molecule has 1 saturated heterocycles. The van der Waals surface area contributed by atoms with Crippen LogP contribution in [0.1, 0.15) is 52.1 Å². The van der Waals surface area contributed by atoms with Gasteiger partial charge in [0.25, 0.3) is 0 Å². The zero-order valence-electron chi connectivity index (χ0n) is 12.6. The van der Waals surface area contributed by atoms with Gasteiger partial charge in [-0.1, -0.05) is 33.8 Å². The van der Waals surface area contributed by atoms with E-state index in [0.717, 1.165) is 10.9 Å². The van der Waals surface area contributed by atoms with E-state index < -0.39 is 0 Å². The fourth-order valence-corrected chi connectivity index (χ4v) is 3.53. The lowest BCUT2D eigenvalue weighted by atomic mass is 10.1. The van der Waals surface area contributed by atoms with Crippen molar-refractivity contribution in [2.75, 3.05) is 13.1 Å². The van der Waals surface area contributed by atoms with Crippen LogP contribution in [0.15, 0.2) is 23.4 Å². The average molecular weight is 278 g/mol. The third-order valence-corrected chi connectivity index (χ3v) is 4.42. The third kappa shape index (κ3) is 4.22. The van der Waals surface area contributed by atoms with Gasteiger partial charge in [-0.2, -0.15) is 0 Å². The minimum atomic E-state index is 0.591. The Labute approximate surface area is 122 Å². The molecule has 2 nitrogen and oxygen atoms in total. The lowest BCUT2D eigenvalue weighted by molar-refractivity contribution is 0.228. The van der Waals surface area contributed by atoms with Crippen LogP contribution in [0.4, 0.5) is 0 Å². The van der Waals surface area contributed by atoms with Gasteiger partial charge >= 0.3 is 0 Å². The Morgan fingerprint density at radius 3 is 2.68 bits per heavy atom. The van der Waals surface area contributed by atoms with Crippen LogP contribution in [0, 0.1) is 5.92 Å². The number of hydrogen-bond acceptors (Lipinski definition) is 3. The van der Waals surface area contributed by atoms with Crippen LogP contribution in [0.5, 0.6) is 0 Å². The summed E-state index contributed by atoms with van der Waals surface area (Å²) in [5.74, 6) is 0.740. The van der Waals surface area contributed by atoms with E-state index in [0.29, 0.717) is 11.3 Å². The van der Waals surface area contributed by atoms with Crippen molar-refractivity contribution < 1.29 is 0 Å². The van der Waals surface area contributed by atoms with Gasteiger partial charge in [0.1, 0.15) is 0 Å². The van der Waals surface area contributed by atoms with Crippen molar-refractivity contribution >= 4 is 11.8 Å². The zero-order valence-corrected chi connectivity index (χ0v) is 13.4. The molecule has 0 saturated carbocycles. The Morgan fingerprint density at radius 2 is 2.11 bits per heavy atom. The first-order chi connectivity index (χ1) is 9.06. The van der Waals surface area contributed by atoms with E-state index in [4.69, 9.17) is 0 Å². The standard InChI is InChI=1S/C16H26N2S/c1-12(2)11-18-9-5-6-15(18)14-7-8-16(17-10-14)19-13(3)4/h7-8,10,12-13,15H,5-6,9,11H2,1-4H3. The van der Waals surface area contributed by atoms with Gasteiger partial charge in [0.2, 0.25) is 0 Å². The van der Waals surface area contributed by atoms with Gasteiger partial charge in [-0.05, 0) is 36.9 Å². The smallest absolute Gasteiger partial charge is 0.0962 e. The molecule has 106 valence electrons. The van der Waals surface area contributed by atoms with Crippen LogP contribution in [-0.2, 0) is 0 Å². The van der Waals surface area contributed by atoms with Gasteiger partial charge in [0, 0.05) is 24.0 Å². The molecule has 1 aromatic rings. The summed E-state index contributed by atoms with van der Waals surface area (Å²) in [4.78, 5) is 7.24. The fraction of sp³-hybridized carbons (Fsp3) is 0.688. The predicted molar refractivity (Wildman–Crippen MR) is 83.6 cm³/mol. The van der Waals surface area contributed by atoms with Gasteiger partial charge in [-0.3, -0.25) is 4.90 Å². The van der Waals surface area contributed by atoms with Crippen molar-refractivity contribution in [1.82, 2.24) is 9.88 Å². The van der Waals surface area contributed by atoms with Gasteiger partial charge in [-0.25, -0.2) is 4.98 Å². The highest BCUT2D eigenvalue weighted by molar-refractivity contribution is 7.99. The Hall–Kier alpha value is -0.540. The Kier molecular flexibility index (Phi) is 5.28. The quantitative estimate of drug-likeness (QED) is 0.744. The van der Waals surface area contributed by atoms with Crippen molar-refractivity contribution in [3.63, 3.8) is 0 Å². The van der Waals surface area contributed by atoms with E-state index in [-0.39, 0.29) is 0 Å². The molecule has 0 N–H and O–H groups in total. The van der Waals surface area contributed by atoms with Gasteiger partial charge in [0.15, 0.2) is 0 Å². The van der Waals surface area contributed by atoms with Crippen LogP contribution in [0.2, 0.25) is 0 Å². The summed E-state index contributed by atoms with van der Waals surface area (Å²) in [6.45, 7) is 11.5. The second kappa shape index (κ2) is 6.76. The number of rotatable bonds is 5. The number of aromatic nitrogens is 1. The second-order valence-electron chi connectivity index (χ2n) is 6.14. The van der Waals surface area contributed by atoms with Crippen LogP contribution >= 0.6 is 11.8 Å².